The molecule has 0 bridgehead atoms. The van der Waals surface area contributed by atoms with E-state index in [1.165, 1.54) is 6.42 Å². The third-order valence-corrected chi connectivity index (χ3v) is 3.82. The summed E-state index contributed by atoms with van der Waals surface area (Å²) in [6, 6.07) is 0.263. The molecule has 0 spiro atoms. The molecule has 0 aromatic rings. The average molecular weight is 240 g/mol. The van der Waals surface area contributed by atoms with Crippen LogP contribution in [-0.4, -0.2) is 42.6 Å². The number of hydrogen-bond donors (Lipinski definition) is 1. The van der Waals surface area contributed by atoms with Gasteiger partial charge in [-0.2, -0.15) is 0 Å². The zero-order valence-corrected chi connectivity index (χ0v) is 10.6. The Bertz CT molecular complexity index is 252. The quantitative estimate of drug-likeness (QED) is 0.808. The molecule has 1 heterocycles. The van der Waals surface area contributed by atoms with E-state index in [1.54, 1.807) is 0 Å². The van der Waals surface area contributed by atoms with Crippen LogP contribution in [0.1, 0.15) is 44.9 Å². The molecular formula is C13H24N2O2. The van der Waals surface area contributed by atoms with E-state index in [-0.39, 0.29) is 24.7 Å². The van der Waals surface area contributed by atoms with Gasteiger partial charge < -0.3 is 15.4 Å². The van der Waals surface area contributed by atoms with Crippen molar-refractivity contribution in [1.82, 2.24) is 4.90 Å². The molecule has 0 aromatic carbocycles. The van der Waals surface area contributed by atoms with Crippen LogP contribution in [0.4, 0.5) is 0 Å². The fourth-order valence-electron chi connectivity index (χ4n) is 2.76. The monoisotopic (exact) mass is 240 g/mol. The SMILES string of the molecule is NC1CCCC(OCC(=O)N2CCCCC2)C1. The first kappa shape index (κ1) is 12.8. The van der Waals surface area contributed by atoms with Crippen molar-refractivity contribution in [3.05, 3.63) is 0 Å². The normalized spacial score (nSPS) is 30.3. The highest BCUT2D eigenvalue weighted by Gasteiger charge is 2.22. The maximum atomic E-state index is 11.9. The fourth-order valence-corrected chi connectivity index (χ4v) is 2.76. The summed E-state index contributed by atoms with van der Waals surface area (Å²) in [4.78, 5) is 13.8. The van der Waals surface area contributed by atoms with Crippen molar-refractivity contribution < 1.29 is 9.53 Å². The van der Waals surface area contributed by atoms with Gasteiger partial charge >= 0.3 is 0 Å². The van der Waals surface area contributed by atoms with Crippen molar-refractivity contribution in [3.8, 4) is 0 Å². The first-order valence-corrected chi connectivity index (χ1v) is 6.90. The Morgan fingerprint density at radius 3 is 2.65 bits per heavy atom. The molecule has 98 valence electrons. The van der Waals surface area contributed by atoms with E-state index in [0.717, 1.165) is 51.6 Å². The summed E-state index contributed by atoms with van der Waals surface area (Å²) in [7, 11) is 0. The Kier molecular flexibility index (Phi) is 4.80. The first-order valence-electron chi connectivity index (χ1n) is 6.90. The molecule has 2 aliphatic rings. The summed E-state index contributed by atoms with van der Waals surface area (Å²) in [5.41, 5.74) is 5.90. The van der Waals surface area contributed by atoms with Crippen LogP contribution in [0.2, 0.25) is 0 Å². The molecule has 17 heavy (non-hydrogen) atoms. The number of amides is 1. The third-order valence-electron chi connectivity index (χ3n) is 3.82. The topological polar surface area (TPSA) is 55.6 Å². The van der Waals surface area contributed by atoms with Gasteiger partial charge in [0.15, 0.2) is 0 Å². The lowest BCUT2D eigenvalue weighted by atomic mass is 9.94. The summed E-state index contributed by atoms with van der Waals surface area (Å²) in [6.07, 6.45) is 7.92. The molecule has 4 heteroatoms. The lowest BCUT2D eigenvalue weighted by Crippen LogP contribution is -2.40. The van der Waals surface area contributed by atoms with E-state index >= 15 is 0 Å². The summed E-state index contributed by atoms with van der Waals surface area (Å²) >= 11 is 0. The number of likely N-dealkylation sites (tertiary alicyclic amines) is 1. The molecule has 2 fully saturated rings. The second kappa shape index (κ2) is 6.36. The standard InChI is InChI=1S/C13H24N2O2/c14-11-5-4-6-12(9-11)17-10-13(16)15-7-2-1-3-8-15/h11-12H,1-10,14H2. The predicted octanol–water partition coefficient (Wildman–Crippen LogP) is 1.29. The van der Waals surface area contributed by atoms with Gasteiger partial charge in [-0.3, -0.25) is 4.79 Å². The lowest BCUT2D eigenvalue weighted by molar-refractivity contribution is -0.139. The van der Waals surface area contributed by atoms with Crippen LogP contribution in [0.5, 0.6) is 0 Å². The zero-order chi connectivity index (χ0) is 12.1. The number of hydrogen-bond acceptors (Lipinski definition) is 3. The van der Waals surface area contributed by atoms with Crippen LogP contribution in [0, 0.1) is 0 Å². The molecule has 1 aliphatic heterocycles. The van der Waals surface area contributed by atoms with Crippen LogP contribution in [-0.2, 0) is 9.53 Å². The highest BCUT2D eigenvalue weighted by atomic mass is 16.5. The van der Waals surface area contributed by atoms with Crippen molar-refractivity contribution in [2.45, 2.75) is 57.1 Å². The van der Waals surface area contributed by atoms with Crippen LogP contribution in [0.25, 0.3) is 0 Å². The van der Waals surface area contributed by atoms with Crippen molar-refractivity contribution in [2.75, 3.05) is 19.7 Å². The van der Waals surface area contributed by atoms with E-state index in [2.05, 4.69) is 0 Å². The van der Waals surface area contributed by atoms with Gasteiger partial charge in [0, 0.05) is 19.1 Å². The molecule has 1 amide bonds. The second-order valence-corrected chi connectivity index (χ2v) is 5.30. The number of nitrogens with two attached hydrogens (primary N) is 1. The van der Waals surface area contributed by atoms with E-state index in [1.807, 2.05) is 4.90 Å². The van der Waals surface area contributed by atoms with Gasteiger partial charge in [-0.15, -0.1) is 0 Å². The maximum Gasteiger partial charge on any atom is 0.248 e. The number of nitrogens with zero attached hydrogens (tertiary/aromatic N) is 1. The van der Waals surface area contributed by atoms with E-state index in [9.17, 15) is 4.79 Å². The Balaban J connectivity index is 1.68. The lowest BCUT2D eigenvalue weighted by Gasteiger charge is -2.29. The smallest absolute Gasteiger partial charge is 0.248 e. The molecule has 0 aromatic heterocycles. The number of carbonyl (C=O) groups excluding carboxylic acids is 1. The molecule has 4 nitrogen and oxygen atoms in total. The maximum absolute atomic E-state index is 11.9. The number of piperidine rings is 1. The third kappa shape index (κ3) is 3.96. The Hall–Kier alpha value is -0.610. The van der Waals surface area contributed by atoms with Crippen molar-refractivity contribution in [1.29, 1.82) is 0 Å². The first-order chi connectivity index (χ1) is 8.25. The van der Waals surface area contributed by atoms with Crippen LogP contribution in [0.3, 0.4) is 0 Å². The van der Waals surface area contributed by atoms with E-state index in [0.29, 0.717) is 0 Å². The fraction of sp³-hybridized carbons (Fsp3) is 0.923. The van der Waals surface area contributed by atoms with E-state index < -0.39 is 0 Å². The molecule has 2 atom stereocenters. The summed E-state index contributed by atoms with van der Waals surface area (Å²) in [6.45, 7) is 2.07. The van der Waals surface area contributed by atoms with Crippen LogP contribution < -0.4 is 5.73 Å². The molecule has 2 N–H and O–H groups in total. The van der Waals surface area contributed by atoms with Gasteiger partial charge in [0.05, 0.1) is 6.10 Å². The van der Waals surface area contributed by atoms with Gasteiger partial charge in [0.25, 0.3) is 0 Å². The van der Waals surface area contributed by atoms with Crippen molar-refractivity contribution in [2.24, 2.45) is 5.73 Å². The highest BCUT2D eigenvalue weighted by Crippen LogP contribution is 2.20. The van der Waals surface area contributed by atoms with Crippen molar-refractivity contribution in [3.63, 3.8) is 0 Å². The molecular weight excluding hydrogens is 216 g/mol. The van der Waals surface area contributed by atoms with Gasteiger partial charge in [-0.25, -0.2) is 0 Å². The Labute approximate surface area is 103 Å². The van der Waals surface area contributed by atoms with E-state index in [4.69, 9.17) is 10.5 Å². The number of carbonyl (C=O) groups is 1. The molecule has 1 saturated carbocycles. The molecule has 2 unspecified atom stereocenters. The Morgan fingerprint density at radius 2 is 1.94 bits per heavy atom. The summed E-state index contributed by atoms with van der Waals surface area (Å²) < 4.78 is 5.70. The molecule has 2 rings (SSSR count). The van der Waals surface area contributed by atoms with Crippen molar-refractivity contribution >= 4 is 5.91 Å². The minimum absolute atomic E-state index is 0.156. The summed E-state index contributed by atoms with van der Waals surface area (Å²) in [5.74, 6) is 0.156. The summed E-state index contributed by atoms with van der Waals surface area (Å²) in [5, 5.41) is 0. The molecule has 1 aliphatic carbocycles. The minimum atomic E-state index is 0.156. The minimum Gasteiger partial charge on any atom is -0.368 e. The highest BCUT2D eigenvalue weighted by molar-refractivity contribution is 5.77. The van der Waals surface area contributed by atoms with Gasteiger partial charge in [0.1, 0.15) is 6.61 Å². The van der Waals surface area contributed by atoms with Gasteiger partial charge in [0.2, 0.25) is 5.91 Å². The number of rotatable bonds is 3. The molecule has 0 radical (unpaired) electrons. The largest absolute Gasteiger partial charge is 0.368 e. The second-order valence-electron chi connectivity index (χ2n) is 5.30. The zero-order valence-electron chi connectivity index (χ0n) is 10.6. The van der Waals surface area contributed by atoms with Crippen LogP contribution >= 0.6 is 0 Å². The number of ether oxygens (including phenoxy) is 1. The van der Waals surface area contributed by atoms with Gasteiger partial charge in [-0.05, 0) is 44.9 Å². The molecule has 1 saturated heterocycles. The average Bonchev–Trinajstić information content (AvgIpc) is 2.37. The van der Waals surface area contributed by atoms with Gasteiger partial charge in [-0.1, -0.05) is 0 Å². The predicted molar refractivity (Wildman–Crippen MR) is 66.6 cm³/mol. The van der Waals surface area contributed by atoms with Crippen LogP contribution in [0.15, 0.2) is 0 Å². The Morgan fingerprint density at radius 1 is 1.18 bits per heavy atom.